The van der Waals surface area contributed by atoms with Crippen LogP contribution in [0.1, 0.15) is 27.2 Å². The molecule has 1 fully saturated rings. The standard InChI is InChI=1S/C13H22N6O2/c1-5-8-21-12-17-10(14-4)16-11(18-12)19-7-6-15-9(20)13(19,2)3/h5-8H2,1-4H3,(H,15,20)(H,14,16,17,18). The summed E-state index contributed by atoms with van der Waals surface area (Å²) >= 11 is 0. The van der Waals surface area contributed by atoms with E-state index in [9.17, 15) is 4.79 Å². The molecule has 1 saturated heterocycles. The molecule has 2 rings (SSSR count). The maximum Gasteiger partial charge on any atom is 0.323 e. The Labute approximate surface area is 124 Å². The third-order valence-electron chi connectivity index (χ3n) is 3.35. The molecule has 0 bridgehead atoms. The molecule has 0 aliphatic carbocycles. The van der Waals surface area contributed by atoms with E-state index in [0.29, 0.717) is 31.6 Å². The van der Waals surface area contributed by atoms with Crippen molar-refractivity contribution in [1.82, 2.24) is 20.3 Å². The van der Waals surface area contributed by atoms with Gasteiger partial charge in [-0.2, -0.15) is 15.0 Å². The average molecular weight is 294 g/mol. The topological polar surface area (TPSA) is 92.3 Å². The van der Waals surface area contributed by atoms with Crippen LogP contribution < -0.4 is 20.3 Å². The van der Waals surface area contributed by atoms with Crippen molar-refractivity contribution in [1.29, 1.82) is 0 Å². The summed E-state index contributed by atoms with van der Waals surface area (Å²) in [5.41, 5.74) is -0.716. The molecule has 21 heavy (non-hydrogen) atoms. The minimum Gasteiger partial charge on any atom is -0.463 e. The van der Waals surface area contributed by atoms with Gasteiger partial charge in [0, 0.05) is 20.1 Å². The summed E-state index contributed by atoms with van der Waals surface area (Å²) in [6.07, 6.45) is 0.869. The zero-order chi connectivity index (χ0) is 15.5. The number of amides is 1. The Morgan fingerprint density at radius 3 is 2.81 bits per heavy atom. The number of carbonyl (C=O) groups is 1. The number of ether oxygens (including phenoxy) is 1. The van der Waals surface area contributed by atoms with Gasteiger partial charge >= 0.3 is 6.01 Å². The van der Waals surface area contributed by atoms with E-state index in [1.54, 1.807) is 7.05 Å². The number of nitrogens with one attached hydrogen (secondary N) is 2. The van der Waals surface area contributed by atoms with Crippen LogP contribution in [0.15, 0.2) is 0 Å². The Hall–Kier alpha value is -2.12. The van der Waals surface area contributed by atoms with Gasteiger partial charge in [0.2, 0.25) is 17.8 Å². The minimum atomic E-state index is -0.716. The lowest BCUT2D eigenvalue weighted by Crippen LogP contribution is -2.62. The van der Waals surface area contributed by atoms with Crippen LogP contribution >= 0.6 is 0 Å². The van der Waals surface area contributed by atoms with E-state index < -0.39 is 5.54 Å². The van der Waals surface area contributed by atoms with Crippen molar-refractivity contribution >= 4 is 17.8 Å². The fourth-order valence-corrected chi connectivity index (χ4v) is 2.09. The number of piperazine rings is 1. The molecule has 0 aromatic carbocycles. The van der Waals surface area contributed by atoms with Crippen LogP contribution in [0.3, 0.4) is 0 Å². The van der Waals surface area contributed by atoms with Gasteiger partial charge in [0.1, 0.15) is 5.54 Å². The van der Waals surface area contributed by atoms with Gasteiger partial charge < -0.3 is 20.3 Å². The van der Waals surface area contributed by atoms with E-state index in [1.807, 2.05) is 25.7 Å². The molecule has 2 heterocycles. The number of anilines is 2. The Bertz CT molecular complexity index is 519. The lowest BCUT2D eigenvalue weighted by atomic mass is 10.00. The summed E-state index contributed by atoms with van der Waals surface area (Å²) < 4.78 is 5.49. The quantitative estimate of drug-likeness (QED) is 0.813. The van der Waals surface area contributed by atoms with Crippen LogP contribution in [0.5, 0.6) is 6.01 Å². The monoisotopic (exact) mass is 294 g/mol. The number of hydrogen-bond donors (Lipinski definition) is 2. The summed E-state index contributed by atoms with van der Waals surface area (Å²) in [6, 6.07) is 0.271. The zero-order valence-electron chi connectivity index (χ0n) is 12.9. The van der Waals surface area contributed by atoms with Crippen molar-refractivity contribution in [2.75, 3.05) is 37.0 Å². The van der Waals surface area contributed by atoms with Crippen molar-refractivity contribution in [2.45, 2.75) is 32.7 Å². The van der Waals surface area contributed by atoms with Crippen LogP contribution in [0.4, 0.5) is 11.9 Å². The van der Waals surface area contributed by atoms with Gasteiger partial charge in [-0.25, -0.2) is 0 Å². The molecule has 0 unspecified atom stereocenters. The number of rotatable bonds is 5. The molecular formula is C13H22N6O2. The van der Waals surface area contributed by atoms with Crippen molar-refractivity contribution in [2.24, 2.45) is 0 Å². The number of carbonyl (C=O) groups excluding carboxylic acids is 1. The first-order valence-electron chi connectivity index (χ1n) is 7.11. The largest absolute Gasteiger partial charge is 0.463 e. The molecule has 1 aromatic rings. The Kier molecular flexibility index (Phi) is 4.44. The Balaban J connectivity index is 2.35. The van der Waals surface area contributed by atoms with Gasteiger partial charge in [-0.1, -0.05) is 6.92 Å². The predicted octanol–water partition coefficient (Wildman–Crippen LogP) is 0.417. The van der Waals surface area contributed by atoms with Crippen LogP contribution in [-0.2, 0) is 4.79 Å². The van der Waals surface area contributed by atoms with Gasteiger partial charge in [-0.3, -0.25) is 4.79 Å². The molecule has 8 heteroatoms. The Morgan fingerprint density at radius 2 is 2.14 bits per heavy atom. The molecule has 8 nitrogen and oxygen atoms in total. The van der Waals surface area contributed by atoms with E-state index in [0.717, 1.165) is 6.42 Å². The molecule has 0 saturated carbocycles. The first-order chi connectivity index (χ1) is 9.98. The van der Waals surface area contributed by atoms with E-state index in [-0.39, 0.29) is 11.9 Å². The smallest absolute Gasteiger partial charge is 0.323 e. The van der Waals surface area contributed by atoms with E-state index >= 15 is 0 Å². The molecule has 0 spiro atoms. The van der Waals surface area contributed by atoms with Crippen molar-refractivity contribution < 1.29 is 9.53 Å². The molecular weight excluding hydrogens is 272 g/mol. The maximum absolute atomic E-state index is 12.0. The van der Waals surface area contributed by atoms with E-state index in [2.05, 4.69) is 25.6 Å². The molecule has 1 aliphatic heterocycles. The molecule has 0 radical (unpaired) electrons. The van der Waals surface area contributed by atoms with Gasteiger partial charge in [-0.05, 0) is 20.3 Å². The second-order valence-electron chi connectivity index (χ2n) is 5.31. The van der Waals surface area contributed by atoms with Crippen molar-refractivity contribution in [3.05, 3.63) is 0 Å². The highest BCUT2D eigenvalue weighted by Crippen LogP contribution is 2.25. The molecule has 1 aromatic heterocycles. The fourth-order valence-electron chi connectivity index (χ4n) is 2.09. The van der Waals surface area contributed by atoms with Crippen LogP contribution in [0.2, 0.25) is 0 Å². The van der Waals surface area contributed by atoms with Crippen LogP contribution in [0, 0.1) is 0 Å². The molecule has 116 valence electrons. The van der Waals surface area contributed by atoms with E-state index in [4.69, 9.17) is 4.74 Å². The van der Waals surface area contributed by atoms with Gasteiger partial charge in [-0.15, -0.1) is 0 Å². The van der Waals surface area contributed by atoms with E-state index in [1.165, 1.54) is 0 Å². The zero-order valence-corrected chi connectivity index (χ0v) is 12.9. The lowest BCUT2D eigenvalue weighted by Gasteiger charge is -2.41. The second kappa shape index (κ2) is 6.11. The minimum absolute atomic E-state index is 0.0452. The number of hydrogen-bond acceptors (Lipinski definition) is 7. The Morgan fingerprint density at radius 1 is 1.38 bits per heavy atom. The first kappa shape index (κ1) is 15.3. The fraction of sp³-hybridized carbons (Fsp3) is 0.692. The summed E-state index contributed by atoms with van der Waals surface area (Å²) in [7, 11) is 1.73. The molecule has 2 N–H and O–H groups in total. The third-order valence-corrected chi connectivity index (χ3v) is 3.35. The normalized spacial score (nSPS) is 17.3. The molecule has 1 amide bonds. The molecule has 1 aliphatic rings. The second-order valence-corrected chi connectivity index (χ2v) is 5.31. The van der Waals surface area contributed by atoms with Crippen molar-refractivity contribution in [3.8, 4) is 6.01 Å². The molecule has 0 atom stereocenters. The number of nitrogens with zero attached hydrogens (tertiary/aromatic N) is 4. The number of aromatic nitrogens is 3. The van der Waals surface area contributed by atoms with Gasteiger partial charge in [0.15, 0.2) is 0 Å². The van der Waals surface area contributed by atoms with Gasteiger partial charge in [0.05, 0.1) is 6.61 Å². The average Bonchev–Trinajstić information content (AvgIpc) is 2.47. The van der Waals surface area contributed by atoms with Crippen LogP contribution in [0.25, 0.3) is 0 Å². The highest BCUT2D eigenvalue weighted by atomic mass is 16.5. The lowest BCUT2D eigenvalue weighted by molar-refractivity contribution is -0.126. The SMILES string of the molecule is CCCOc1nc(NC)nc(N2CCNC(=O)C2(C)C)n1. The predicted molar refractivity (Wildman–Crippen MR) is 79.6 cm³/mol. The summed E-state index contributed by atoms with van der Waals surface area (Å²) in [5, 5.41) is 5.74. The third kappa shape index (κ3) is 3.14. The van der Waals surface area contributed by atoms with Crippen LogP contribution in [-0.4, -0.2) is 53.1 Å². The summed E-state index contributed by atoms with van der Waals surface area (Å²) in [5.74, 6) is 0.824. The van der Waals surface area contributed by atoms with Gasteiger partial charge in [0.25, 0.3) is 0 Å². The summed E-state index contributed by atoms with van der Waals surface area (Å²) in [6.45, 7) is 7.44. The summed E-state index contributed by atoms with van der Waals surface area (Å²) in [4.78, 5) is 26.8. The maximum atomic E-state index is 12.0. The highest BCUT2D eigenvalue weighted by Gasteiger charge is 2.39. The highest BCUT2D eigenvalue weighted by molar-refractivity contribution is 5.89. The van der Waals surface area contributed by atoms with Crippen molar-refractivity contribution in [3.63, 3.8) is 0 Å². The first-order valence-corrected chi connectivity index (χ1v) is 7.11.